The Morgan fingerprint density at radius 1 is 1.30 bits per heavy atom. The molecule has 20 heavy (non-hydrogen) atoms. The molecule has 1 saturated carbocycles. The topological polar surface area (TPSA) is 52.0 Å². The highest BCUT2D eigenvalue weighted by molar-refractivity contribution is 9.10. The lowest BCUT2D eigenvalue weighted by atomic mass is 10.3. The maximum atomic E-state index is 5.70. The third-order valence-electron chi connectivity index (χ3n) is 3.21. The van der Waals surface area contributed by atoms with Crippen LogP contribution >= 0.6 is 15.9 Å². The summed E-state index contributed by atoms with van der Waals surface area (Å²) in [7, 11) is 0. The molecule has 0 unspecified atom stereocenters. The van der Waals surface area contributed by atoms with E-state index in [-0.39, 0.29) is 0 Å². The molecule has 1 fully saturated rings. The van der Waals surface area contributed by atoms with E-state index < -0.39 is 0 Å². The number of nitrogens with zero attached hydrogens (tertiary/aromatic N) is 3. The van der Waals surface area contributed by atoms with Crippen molar-refractivity contribution >= 4 is 15.9 Å². The second-order valence-corrected chi connectivity index (χ2v) is 5.77. The molecule has 0 aliphatic heterocycles. The number of nitrogens with one attached hydrogen (secondary N) is 1. The molecule has 0 spiro atoms. The van der Waals surface area contributed by atoms with E-state index in [1.165, 1.54) is 12.8 Å². The minimum absolute atomic E-state index is 0.585. The van der Waals surface area contributed by atoms with E-state index in [1.807, 2.05) is 28.9 Å². The molecule has 2 aromatic rings. The number of rotatable bonds is 7. The van der Waals surface area contributed by atoms with E-state index >= 15 is 0 Å². The summed E-state index contributed by atoms with van der Waals surface area (Å²) in [5, 5.41) is 7.68. The zero-order chi connectivity index (χ0) is 13.8. The predicted octanol–water partition coefficient (Wildman–Crippen LogP) is 2.37. The number of ether oxygens (including phenoxy) is 1. The first-order valence-corrected chi connectivity index (χ1v) is 7.59. The fourth-order valence-corrected chi connectivity index (χ4v) is 2.18. The largest absolute Gasteiger partial charge is 0.492 e. The van der Waals surface area contributed by atoms with Crippen LogP contribution in [0.1, 0.15) is 18.7 Å². The van der Waals surface area contributed by atoms with Crippen molar-refractivity contribution in [1.29, 1.82) is 0 Å². The molecule has 5 nitrogen and oxygen atoms in total. The minimum Gasteiger partial charge on any atom is -0.492 e. The Kier molecular flexibility index (Phi) is 4.32. The van der Waals surface area contributed by atoms with E-state index in [1.54, 1.807) is 6.33 Å². The molecule has 1 aromatic heterocycles. The van der Waals surface area contributed by atoms with Crippen LogP contribution in [0.4, 0.5) is 0 Å². The Morgan fingerprint density at radius 2 is 2.10 bits per heavy atom. The predicted molar refractivity (Wildman–Crippen MR) is 79.5 cm³/mol. The van der Waals surface area contributed by atoms with Crippen LogP contribution in [0.3, 0.4) is 0 Å². The van der Waals surface area contributed by atoms with Gasteiger partial charge in [0.2, 0.25) is 0 Å². The van der Waals surface area contributed by atoms with Gasteiger partial charge in [0.05, 0.1) is 13.1 Å². The molecule has 3 rings (SSSR count). The van der Waals surface area contributed by atoms with Gasteiger partial charge in [-0.05, 0) is 37.1 Å². The molecule has 1 N–H and O–H groups in total. The van der Waals surface area contributed by atoms with Gasteiger partial charge >= 0.3 is 0 Å². The van der Waals surface area contributed by atoms with Gasteiger partial charge in [0.15, 0.2) is 0 Å². The summed E-state index contributed by atoms with van der Waals surface area (Å²) in [6, 6.07) is 8.51. The van der Waals surface area contributed by atoms with Gasteiger partial charge < -0.3 is 10.1 Å². The van der Waals surface area contributed by atoms with Gasteiger partial charge in [-0.3, -0.25) is 0 Å². The number of hydrogen-bond acceptors (Lipinski definition) is 4. The lowest BCUT2D eigenvalue weighted by Crippen LogP contribution is -2.20. The maximum absolute atomic E-state index is 5.70. The monoisotopic (exact) mass is 336 g/mol. The van der Waals surface area contributed by atoms with Crippen molar-refractivity contribution in [2.75, 3.05) is 6.61 Å². The zero-order valence-corrected chi connectivity index (χ0v) is 12.7. The van der Waals surface area contributed by atoms with E-state index in [9.17, 15) is 0 Å². The average molecular weight is 337 g/mol. The Balaban J connectivity index is 1.47. The van der Waals surface area contributed by atoms with Gasteiger partial charge in [-0.1, -0.05) is 15.9 Å². The summed E-state index contributed by atoms with van der Waals surface area (Å²) in [6.07, 6.45) is 4.16. The second-order valence-electron chi connectivity index (χ2n) is 4.86. The molecule has 0 amide bonds. The highest BCUT2D eigenvalue weighted by atomic mass is 79.9. The van der Waals surface area contributed by atoms with Crippen LogP contribution in [0.5, 0.6) is 5.75 Å². The molecular formula is C14H17BrN4O. The summed E-state index contributed by atoms with van der Waals surface area (Å²) >= 11 is 3.40. The molecule has 0 radical (unpaired) electrons. The lowest BCUT2D eigenvalue weighted by Gasteiger charge is -2.08. The van der Waals surface area contributed by atoms with Crippen molar-refractivity contribution in [3.8, 4) is 5.75 Å². The van der Waals surface area contributed by atoms with Crippen molar-refractivity contribution in [2.45, 2.75) is 32.0 Å². The number of benzene rings is 1. The molecule has 0 atom stereocenters. The molecular weight excluding hydrogens is 320 g/mol. The fourth-order valence-electron chi connectivity index (χ4n) is 1.92. The van der Waals surface area contributed by atoms with E-state index in [0.29, 0.717) is 19.2 Å². The van der Waals surface area contributed by atoms with Gasteiger partial charge in [-0.15, -0.1) is 0 Å². The average Bonchev–Trinajstić information content (AvgIpc) is 3.18. The highest BCUT2D eigenvalue weighted by Gasteiger charge is 2.20. The molecule has 1 heterocycles. The molecule has 0 bridgehead atoms. The van der Waals surface area contributed by atoms with Gasteiger partial charge in [-0.2, -0.15) is 5.10 Å². The smallest absolute Gasteiger partial charge is 0.140 e. The van der Waals surface area contributed by atoms with Gasteiger partial charge in [0, 0.05) is 10.5 Å². The Bertz CT molecular complexity index is 551. The third kappa shape index (κ3) is 3.80. The highest BCUT2D eigenvalue weighted by Crippen LogP contribution is 2.19. The van der Waals surface area contributed by atoms with Crippen molar-refractivity contribution in [1.82, 2.24) is 20.1 Å². The first-order chi connectivity index (χ1) is 9.81. The summed E-state index contributed by atoms with van der Waals surface area (Å²) in [5.74, 6) is 1.84. The van der Waals surface area contributed by atoms with Crippen LogP contribution in [0.2, 0.25) is 0 Å². The van der Waals surface area contributed by atoms with Crippen molar-refractivity contribution in [3.63, 3.8) is 0 Å². The SMILES string of the molecule is Brc1ccc(OCCn2ncnc2CNC2CC2)cc1. The van der Waals surface area contributed by atoms with Gasteiger partial charge in [0.25, 0.3) is 0 Å². The van der Waals surface area contributed by atoms with Crippen molar-refractivity contribution in [3.05, 3.63) is 40.9 Å². The standard InChI is InChI=1S/C14H17BrN4O/c15-11-1-5-13(6-2-11)20-8-7-19-14(17-10-18-19)9-16-12-3-4-12/h1-2,5-6,10,12,16H,3-4,7-9H2. The Labute approximate surface area is 126 Å². The number of halogens is 1. The fraction of sp³-hybridized carbons (Fsp3) is 0.429. The lowest BCUT2D eigenvalue weighted by molar-refractivity contribution is 0.288. The Hall–Kier alpha value is -1.40. The van der Waals surface area contributed by atoms with E-state index in [0.717, 1.165) is 22.6 Å². The zero-order valence-electron chi connectivity index (χ0n) is 11.1. The van der Waals surface area contributed by atoms with Gasteiger partial charge in [-0.25, -0.2) is 9.67 Å². The molecule has 1 aromatic carbocycles. The number of hydrogen-bond donors (Lipinski definition) is 1. The summed E-state index contributed by atoms with van der Waals surface area (Å²) in [5.41, 5.74) is 0. The summed E-state index contributed by atoms with van der Waals surface area (Å²) < 4.78 is 8.64. The van der Waals surface area contributed by atoms with Gasteiger partial charge in [0.1, 0.15) is 24.5 Å². The van der Waals surface area contributed by atoms with Crippen molar-refractivity contribution in [2.24, 2.45) is 0 Å². The summed E-state index contributed by atoms with van der Waals surface area (Å²) in [4.78, 5) is 4.28. The first kappa shape index (κ1) is 13.6. The van der Waals surface area contributed by atoms with Crippen LogP contribution in [0.25, 0.3) is 0 Å². The van der Waals surface area contributed by atoms with Crippen LogP contribution in [0, 0.1) is 0 Å². The van der Waals surface area contributed by atoms with Crippen molar-refractivity contribution < 1.29 is 4.74 Å². The van der Waals surface area contributed by atoms with E-state index in [2.05, 4.69) is 31.3 Å². The quantitative estimate of drug-likeness (QED) is 0.843. The van der Waals surface area contributed by atoms with Crippen LogP contribution in [-0.2, 0) is 13.1 Å². The third-order valence-corrected chi connectivity index (χ3v) is 3.74. The van der Waals surface area contributed by atoms with Crippen LogP contribution in [0.15, 0.2) is 35.1 Å². The second kappa shape index (κ2) is 6.37. The molecule has 1 aliphatic rings. The normalized spacial score (nSPS) is 14.4. The Morgan fingerprint density at radius 3 is 2.85 bits per heavy atom. The van der Waals surface area contributed by atoms with Crippen LogP contribution in [-0.4, -0.2) is 27.4 Å². The minimum atomic E-state index is 0.585. The van der Waals surface area contributed by atoms with Crippen LogP contribution < -0.4 is 10.1 Å². The maximum Gasteiger partial charge on any atom is 0.140 e. The molecule has 106 valence electrons. The van der Waals surface area contributed by atoms with E-state index in [4.69, 9.17) is 4.74 Å². The molecule has 6 heteroatoms. The first-order valence-electron chi connectivity index (χ1n) is 6.80. The summed E-state index contributed by atoms with van der Waals surface area (Å²) in [6.45, 7) is 2.07. The molecule has 0 saturated heterocycles. The number of aromatic nitrogens is 3. The molecule has 1 aliphatic carbocycles.